The Balaban J connectivity index is 1.77. The summed E-state index contributed by atoms with van der Waals surface area (Å²) in [6.45, 7) is 0.540. The van der Waals surface area contributed by atoms with Gasteiger partial charge in [-0.05, 0) is 12.8 Å². The van der Waals surface area contributed by atoms with E-state index in [4.69, 9.17) is 4.74 Å². The predicted octanol–water partition coefficient (Wildman–Crippen LogP) is 0.623. The molecule has 2 rings (SSSR count). The zero-order chi connectivity index (χ0) is 12.3. The molecule has 1 heterocycles. The normalized spacial score (nSPS) is 29.2. The number of carbonyl (C=O) groups is 2. The molecule has 0 bridgehead atoms. The van der Waals surface area contributed by atoms with E-state index < -0.39 is 0 Å². The fourth-order valence-corrected chi connectivity index (χ4v) is 2.54. The Morgan fingerprint density at radius 1 is 1.18 bits per heavy atom. The minimum atomic E-state index is -0.332. The van der Waals surface area contributed by atoms with Gasteiger partial charge in [-0.15, -0.1) is 0 Å². The van der Waals surface area contributed by atoms with Gasteiger partial charge in [-0.25, -0.2) is 0 Å². The average Bonchev–Trinajstić information content (AvgIpc) is 2.98. The van der Waals surface area contributed by atoms with E-state index in [1.165, 1.54) is 7.11 Å². The summed E-state index contributed by atoms with van der Waals surface area (Å²) in [6, 6.07) is -0.332. The fourth-order valence-electron chi connectivity index (χ4n) is 2.54. The number of nitrogens with one attached hydrogen (secondary N) is 1. The summed E-state index contributed by atoms with van der Waals surface area (Å²) in [5.41, 5.74) is 0. The summed E-state index contributed by atoms with van der Waals surface area (Å²) in [6.07, 6.45) is 4.46. The van der Waals surface area contributed by atoms with E-state index in [-0.39, 0.29) is 30.0 Å². The summed E-state index contributed by atoms with van der Waals surface area (Å²) >= 11 is 0. The predicted molar refractivity (Wildman–Crippen MR) is 60.3 cm³/mol. The molecule has 1 aliphatic heterocycles. The lowest BCUT2D eigenvalue weighted by Crippen LogP contribution is -2.31. The van der Waals surface area contributed by atoms with Gasteiger partial charge in [0.2, 0.25) is 0 Å². The van der Waals surface area contributed by atoms with Gasteiger partial charge >= 0.3 is 11.9 Å². The van der Waals surface area contributed by atoms with Crippen LogP contribution in [0.25, 0.3) is 0 Å². The Bertz CT molecular complexity index is 299. The minimum Gasteiger partial charge on any atom is -0.468 e. The summed E-state index contributed by atoms with van der Waals surface area (Å²) < 4.78 is 10.1. The van der Waals surface area contributed by atoms with Gasteiger partial charge in [-0.1, -0.05) is 12.8 Å². The first-order valence-electron chi connectivity index (χ1n) is 6.22. The number of methoxy groups -OCH3 is 1. The van der Waals surface area contributed by atoms with Gasteiger partial charge in [0, 0.05) is 13.0 Å². The molecule has 5 nitrogen and oxygen atoms in total. The Hall–Kier alpha value is -1.10. The lowest BCUT2D eigenvalue weighted by atomic mass is 10.1. The SMILES string of the molecule is COC(=O)C1CC(OC(=O)C2CCCC2)CN1. The molecular weight excluding hydrogens is 222 g/mol. The van der Waals surface area contributed by atoms with Crippen LogP contribution in [0.4, 0.5) is 0 Å². The van der Waals surface area contributed by atoms with Gasteiger partial charge in [0.25, 0.3) is 0 Å². The monoisotopic (exact) mass is 241 g/mol. The molecule has 0 amide bonds. The first kappa shape index (κ1) is 12.4. The van der Waals surface area contributed by atoms with Crippen LogP contribution in [-0.4, -0.2) is 37.7 Å². The Labute approximate surface area is 101 Å². The molecule has 0 aromatic heterocycles. The Morgan fingerprint density at radius 2 is 1.88 bits per heavy atom. The van der Waals surface area contributed by atoms with Crippen LogP contribution in [0.5, 0.6) is 0 Å². The molecule has 0 aromatic carbocycles. The smallest absolute Gasteiger partial charge is 0.323 e. The first-order valence-corrected chi connectivity index (χ1v) is 6.22. The van der Waals surface area contributed by atoms with E-state index in [9.17, 15) is 9.59 Å². The summed E-state index contributed by atoms with van der Waals surface area (Å²) in [7, 11) is 1.36. The van der Waals surface area contributed by atoms with Gasteiger partial charge < -0.3 is 14.8 Å². The molecule has 2 aliphatic rings. The lowest BCUT2D eigenvalue weighted by molar-refractivity contribution is -0.153. The molecule has 1 aliphatic carbocycles. The van der Waals surface area contributed by atoms with E-state index in [1.807, 2.05) is 0 Å². The van der Waals surface area contributed by atoms with Crippen LogP contribution in [0, 0.1) is 5.92 Å². The van der Waals surface area contributed by atoms with E-state index in [1.54, 1.807) is 0 Å². The number of carbonyl (C=O) groups excluding carboxylic acids is 2. The van der Waals surface area contributed by atoms with Crippen LogP contribution < -0.4 is 5.32 Å². The summed E-state index contributed by atoms with van der Waals surface area (Å²) in [5.74, 6) is -0.309. The second-order valence-electron chi connectivity index (χ2n) is 4.76. The van der Waals surface area contributed by atoms with Crippen molar-refractivity contribution in [3.05, 3.63) is 0 Å². The highest BCUT2D eigenvalue weighted by Crippen LogP contribution is 2.26. The van der Waals surface area contributed by atoms with Crippen LogP contribution in [0.1, 0.15) is 32.1 Å². The van der Waals surface area contributed by atoms with Crippen molar-refractivity contribution in [3.63, 3.8) is 0 Å². The van der Waals surface area contributed by atoms with Crippen LogP contribution in [0.15, 0.2) is 0 Å². The van der Waals surface area contributed by atoms with Crippen molar-refractivity contribution in [1.82, 2.24) is 5.32 Å². The highest BCUT2D eigenvalue weighted by molar-refractivity contribution is 5.76. The molecule has 2 unspecified atom stereocenters. The van der Waals surface area contributed by atoms with E-state index in [2.05, 4.69) is 10.1 Å². The molecule has 96 valence electrons. The molecular formula is C12H19NO4. The lowest BCUT2D eigenvalue weighted by Gasteiger charge is -2.14. The second kappa shape index (κ2) is 5.49. The quantitative estimate of drug-likeness (QED) is 0.734. The highest BCUT2D eigenvalue weighted by atomic mass is 16.5. The van der Waals surface area contributed by atoms with Gasteiger partial charge in [0.15, 0.2) is 0 Å². The van der Waals surface area contributed by atoms with Crippen molar-refractivity contribution in [3.8, 4) is 0 Å². The van der Waals surface area contributed by atoms with E-state index >= 15 is 0 Å². The van der Waals surface area contributed by atoms with Gasteiger partial charge in [0.05, 0.1) is 13.0 Å². The van der Waals surface area contributed by atoms with Crippen LogP contribution >= 0.6 is 0 Å². The van der Waals surface area contributed by atoms with Crippen molar-refractivity contribution >= 4 is 11.9 Å². The average molecular weight is 241 g/mol. The number of rotatable bonds is 3. The standard InChI is InChI=1S/C12H19NO4/c1-16-12(15)10-6-9(7-13-10)17-11(14)8-4-2-3-5-8/h8-10,13H,2-7H2,1H3. The molecule has 2 fully saturated rings. The van der Waals surface area contributed by atoms with Gasteiger partial charge in [0.1, 0.15) is 12.1 Å². The molecule has 0 radical (unpaired) electrons. The van der Waals surface area contributed by atoms with Gasteiger partial charge in [-0.2, -0.15) is 0 Å². The number of hydrogen-bond donors (Lipinski definition) is 1. The maximum absolute atomic E-state index is 11.8. The zero-order valence-electron chi connectivity index (χ0n) is 10.1. The third kappa shape index (κ3) is 2.97. The molecule has 1 saturated heterocycles. The second-order valence-corrected chi connectivity index (χ2v) is 4.76. The molecule has 1 saturated carbocycles. The molecule has 1 N–H and O–H groups in total. The highest BCUT2D eigenvalue weighted by Gasteiger charge is 2.34. The molecule has 0 spiro atoms. The molecule has 2 atom stereocenters. The third-order valence-electron chi connectivity index (χ3n) is 3.55. The molecule has 17 heavy (non-hydrogen) atoms. The van der Waals surface area contributed by atoms with E-state index in [0.717, 1.165) is 25.7 Å². The topological polar surface area (TPSA) is 64.6 Å². The van der Waals surface area contributed by atoms with Crippen LogP contribution in [0.2, 0.25) is 0 Å². The molecule has 0 aromatic rings. The summed E-state index contributed by atoms with van der Waals surface area (Å²) in [4.78, 5) is 23.1. The first-order chi connectivity index (χ1) is 8.20. The van der Waals surface area contributed by atoms with Crippen molar-refractivity contribution in [2.24, 2.45) is 5.92 Å². The van der Waals surface area contributed by atoms with Crippen LogP contribution in [-0.2, 0) is 19.1 Å². The Morgan fingerprint density at radius 3 is 2.53 bits per heavy atom. The van der Waals surface area contributed by atoms with Crippen molar-refractivity contribution in [2.45, 2.75) is 44.2 Å². The maximum Gasteiger partial charge on any atom is 0.323 e. The van der Waals surface area contributed by atoms with Crippen molar-refractivity contribution in [1.29, 1.82) is 0 Å². The van der Waals surface area contributed by atoms with E-state index in [0.29, 0.717) is 13.0 Å². The number of hydrogen-bond acceptors (Lipinski definition) is 5. The van der Waals surface area contributed by atoms with Crippen LogP contribution in [0.3, 0.4) is 0 Å². The third-order valence-corrected chi connectivity index (χ3v) is 3.55. The van der Waals surface area contributed by atoms with Gasteiger partial charge in [-0.3, -0.25) is 9.59 Å². The van der Waals surface area contributed by atoms with Crippen molar-refractivity contribution in [2.75, 3.05) is 13.7 Å². The zero-order valence-corrected chi connectivity index (χ0v) is 10.1. The largest absolute Gasteiger partial charge is 0.468 e. The molecule has 5 heteroatoms. The Kier molecular flexibility index (Phi) is 3.99. The maximum atomic E-state index is 11.8. The number of esters is 2. The number of ether oxygens (including phenoxy) is 2. The van der Waals surface area contributed by atoms with Crippen molar-refractivity contribution < 1.29 is 19.1 Å². The minimum absolute atomic E-state index is 0.0761. The summed E-state index contributed by atoms with van der Waals surface area (Å²) in [5, 5.41) is 3.00. The fraction of sp³-hybridized carbons (Fsp3) is 0.833.